The minimum absolute atomic E-state index is 0.111. The standard InChI is InChI=1S/C36H28S2/c1-22-19-29-26-11-5-3-9-24(26)25-10-4-6-12-27(25)31(29)21-36(22,2)35-18-17-32(38-35)23-15-16-34-30(20-23)28-13-7-8-14-33(28)37-34/h3-18,20,22H,19,21H2,1-2H3. The van der Waals surface area contributed by atoms with E-state index in [4.69, 9.17) is 0 Å². The molecule has 0 saturated carbocycles. The third kappa shape index (κ3) is 3.20. The first-order valence-electron chi connectivity index (χ1n) is 13.5. The zero-order valence-corrected chi connectivity index (χ0v) is 23.3. The highest BCUT2D eigenvalue weighted by molar-refractivity contribution is 7.25. The summed E-state index contributed by atoms with van der Waals surface area (Å²) in [6.45, 7) is 4.98. The van der Waals surface area contributed by atoms with Crippen molar-refractivity contribution in [1.29, 1.82) is 0 Å². The Morgan fingerprint density at radius 3 is 2.00 bits per heavy atom. The maximum Gasteiger partial charge on any atom is 0.0355 e. The van der Waals surface area contributed by atoms with E-state index in [0.717, 1.165) is 12.8 Å². The van der Waals surface area contributed by atoms with E-state index >= 15 is 0 Å². The summed E-state index contributed by atoms with van der Waals surface area (Å²) < 4.78 is 2.74. The van der Waals surface area contributed by atoms with Crippen LogP contribution in [-0.2, 0) is 18.3 Å². The van der Waals surface area contributed by atoms with Crippen LogP contribution in [0.1, 0.15) is 29.9 Å². The van der Waals surface area contributed by atoms with Crippen molar-refractivity contribution in [2.45, 2.75) is 32.1 Å². The lowest BCUT2D eigenvalue weighted by molar-refractivity contribution is 0.298. The minimum atomic E-state index is 0.111. The van der Waals surface area contributed by atoms with Gasteiger partial charge in [-0.3, -0.25) is 0 Å². The lowest BCUT2D eigenvalue weighted by Crippen LogP contribution is -2.37. The lowest BCUT2D eigenvalue weighted by atomic mass is 9.64. The summed E-state index contributed by atoms with van der Waals surface area (Å²) in [7, 11) is 0. The number of thiophene rings is 2. The molecular formula is C36H28S2. The number of hydrogen-bond donors (Lipinski definition) is 0. The lowest BCUT2D eigenvalue weighted by Gasteiger charge is -2.41. The molecule has 2 aromatic heterocycles. The molecule has 2 atom stereocenters. The van der Waals surface area contributed by atoms with Crippen LogP contribution < -0.4 is 0 Å². The molecule has 0 nitrogen and oxygen atoms in total. The van der Waals surface area contributed by atoms with Gasteiger partial charge in [-0.2, -0.15) is 0 Å². The van der Waals surface area contributed by atoms with Gasteiger partial charge in [-0.15, -0.1) is 22.7 Å². The third-order valence-electron chi connectivity index (χ3n) is 9.13. The summed E-state index contributed by atoms with van der Waals surface area (Å²) in [5.41, 5.74) is 4.57. The van der Waals surface area contributed by atoms with Crippen LogP contribution in [-0.4, -0.2) is 0 Å². The van der Waals surface area contributed by atoms with Gasteiger partial charge in [-0.05, 0) is 87.3 Å². The van der Waals surface area contributed by atoms with Gasteiger partial charge in [0, 0.05) is 35.3 Å². The van der Waals surface area contributed by atoms with Crippen LogP contribution in [0.3, 0.4) is 0 Å². The Bertz CT molecular complexity index is 2020. The first-order valence-corrected chi connectivity index (χ1v) is 15.2. The van der Waals surface area contributed by atoms with Crippen molar-refractivity contribution in [3.63, 3.8) is 0 Å². The molecular weight excluding hydrogens is 497 g/mol. The van der Waals surface area contributed by atoms with E-state index in [1.807, 2.05) is 22.7 Å². The van der Waals surface area contributed by atoms with Crippen LogP contribution in [0.25, 0.3) is 52.2 Å². The molecule has 0 aliphatic heterocycles. The van der Waals surface area contributed by atoms with E-state index in [-0.39, 0.29) is 5.41 Å². The predicted molar refractivity (Wildman–Crippen MR) is 168 cm³/mol. The molecule has 184 valence electrons. The quantitative estimate of drug-likeness (QED) is 0.197. The average molecular weight is 525 g/mol. The molecule has 0 fully saturated rings. The Labute approximate surface area is 231 Å². The van der Waals surface area contributed by atoms with E-state index in [9.17, 15) is 0 Å². The monoisotopic (exact) mass is 524 g/mol. The molecule has 1 aliphatic carbocycles. The highest BCUT2D eigenvalue weighted by Gasteiger charge is 2.40. The molecule has 2 unspecified atom stereocenters. The fourth-order valence-electron chi connectivity index (χ4n) is 6.80. The van der Waals surface area contributed by atoms with Gasteiger partial charge in [0.05, 0.1) is 0 Å². The van der Waals surface area contributed by atoms with Gasteiger partial charge in [0.25, 0.3) is 0 Å². The van der Waals surface area contributed by atoms with Crippen LogP contribution in [0, 0.1) is 5.92 Å². The second kappa shape index (κ2) is 8.27. The largest absolute Gasteiger partial charge is 0.140 e. The first kappa shape index (κ1) is 22.5. The van der Waals surface area contributed by atoms with Gasteiger partial charge < -0.3 is 0 Å². The highest BCUT2D eigenvalue weighted by Crippen LogP contribution is 2.49. The molecule has 0 saturated heterocycles. The van der Waals surface area contributed by atoms with Gasteiger partial charge in [0.15, 0.2) is 0 Å². The van der Waals surface area contributed by atoms with Crippen molar-refractivity contribution < 1.29 is 0 Å². The maximum atomic E-state index is 2.51. The molecule has 0 amide bonds. The van der Waals surface area contributed by atoms with Crippen LogP contribution in [0.15, 0.2) is 103 Å². The molecule has 5 aromatic carbocycles. The Morgan fingerprint density at radius 1 is 0.605 bits per heavy atom. The Kier molecular flexibility index (Phi) is 4.90. The van der Waals surface area contributed by atoms with Crippen molar-refractivity contribution in [3.8, 4) is 10.4 Å². The smallest absolute Gasteiger partial charge is 0.0355 e. The zero-order valence-electron chi connectivity index (χ0n) is 21.6. The second-order valence-corrected chi connectivity index (χ2v) is 13.4. The SMILES string of the molecule is CC1Cc2c(c3ccccc3c3ccccc23)CC1(C)c1ccc(-c2ccc3sc4ccccc4c3c2)s1. The normalized spacial score (nSPS) is 19.5. The van der Waals surface area contributed by atoms with Crippen molar-refractivity contribution in [3.05, 3.63) is 119 Å². The summed E-state index contributed by atoms with van der Waals surface area (Å²) >= 11 is 3.89. The molecule has 1 aliphatic rings. The molecule has 38 heavy (non-hydrogen) atoms. The summed E-state index contributed by atoms with van der Waals surface area (Å²) in [4.78, 5) is 2.89. The van der Waals surface area contributed by atoms with Crippen LogP contribution >= 0.6 is 22.7 Å². The molecule has 2 heterocycles. The van der Waals surface area contributed by atoms with E-state index < -0.39 is 0 Å². The predicted octanol–water partition coefficient (Wildman–Crippen LogP) is 10.8. The molecule has 2 heteroatoms. The maximum absolute atomic E-state index is 2.51. The molecule has 0 N–H and O–H groups in total. The number of fused-ring (bicyclic) bond motifs is 9. The highest BCUT2D eigenvalue weighted by atomic mass is 32.1. The van der Waals surface area contributed by atoms with Gasteiger partial charge >= 0.3 is 0 Å². The van der Waals surface area contributed by atoms with E-state index in [1.54, 1.807) is 11.1 Å². The minimum Gasteiger partial charge on any atom is -0.140 e. The average Bonchev–Trinajstić information content (AvgIpc) is 3.60. The van der Waals surface area contributed by atoms with E-state index in [2.05, 4.69) is 117 Å². The first-order chi connectivity index (χ1) is 18.6. The zero-order chi connectivity index (χ0) is 25.4. The fourth-order valence-corrected chi connectivity index (χ4v) is 9.15. The number of hydrogen-bond acceptors (Lipinski definition) is 2. The van der Waals surface area contributed by atoms with Crippen LogP contribution in [0.5, 0.6) is 0 Å². The van der Waals surface area contributed by atoms with Gasteiger partial charge in [-0.25, -0.2) is 0 Å². The summed E-state index contributed by atoms with van der Waals surface area (Å²) in [6, 6.07) is 38.7. The van der Waals surface area contributed by atoms with E-state index in [1.165, 1.54) is 57.0 Å². The topological polar surface area (TPSA) is 0 Å². The van der Waals surface area contributed by atoms with Crippen molar-refractivity contribution in [2.75, 3.05) is 0 Å². The summed E-state index contributed by atoms with van der Waals surface area (Å²) in [5, 5.41) is 8.41. The van der Waals surface area contributed by atoms with Crippen LogP contribution in [0.2, 0.25) is 0 Å². The Hall–Kier alpha value is -3.46. The fraction of sp³-hybridized carbons (Fsp3) is 0.167. The Morgan fingerprint density at radius 2 is 1.24 bits per heavy atom. The molecule has 7 aromatic rings. The Balaban J connectivity index is 1.25. The number of benzene rings is 5. The molecule has 8 rings (SSSR count). The molecule has 0 spiro atoms. The van der Waals surface area contributed by atoms with Gasteiger partial charge in [-0.1, -0.05) is 86.6 Å². The summed E-state index contributed by atoms with van der Waals surface area (Å²) in [6.07, 6.45) is 2.21. The van der Waals surface area contributed by atoms with Gasteiger partial charge in [0.1, 0.15) is 0 Å². The van der Waals surface area contributed by atoms with Crippen LogP contribution in [0.4, 0.5) is 0 Å². The molecule has 0 radical (unpaired) electrons. The van der Waals surface area contributed by atoms with Crippen molar-refractivity contribution in [1.82, 2.24) is 0 Å². The van der Waals surface area contributed by atoms with Crippen molar-refractivity contribution in [2.24, 2.45) is 5.92 Å². The van der Waals surface area contributed by atoms with E-state index in [0.29, 0.717) is 5.92 Å². The third-order valence-corrected chi connectivity index (χ3v) is 11.7. The summed E-state index contributed by atoms with van der Waals surface area (Å²) in [5.74, 6) is 0.564. The van der Waals surface area contributed by atoms with Gasteiger partial charge in [0.2, 0.25) is 0 Å². The molecule has 0 bridgehead atoms. The second-order valence-electron chi connectivity index (χ2n) is 11.2. The van der Waals surface area contributed by atoms with Crippen molar-refractivity contribution >= 4 is 64.4 Å². The number of rotatable bonds is 2.